The van der Waals surface area contributed by atoms with E-state index in [0.717, 1.165) is 0 Å². The first kappa shape index (κ1) is 14.3. The van der Waals surface area contributed by atoms with Gasteiger partial charge < -0.3 is 10.1 Å². The van der Waals surface area contributed by atoms with E-state index in [-0.39, 0.29) is 18.8 Å². The summed E-state index contributed by atoms with van der Waals surface area (Å²) in [5.74, 6) is -3.25. The van der Waals surface area contributed by atoms with Crippen molar-refractivity contribution in [2.24, 2.45) is 0 Å². The van der Waals surface area contributed by atoms with Gasteiger partial charge in [-0.05, 0) is 13.3 Å². The van der Waals surface area contributed by atoms with Crippen molar-refractivity contribution >= 4 is 31.2 Å². The van der Waals surface area contributed by atoms with Gasteiger partial charge in [0.2, 0.25) is 13.6 Å². The molecule has 1 N–H and O–H groups in total. The molecule has 1 amide bonds. The number of rotatable bonds is 7. The van der Waals surface area contributed by atoms with Gasteiger partial charge in [0.25, 0.3) is 0 Å². The molecule has 0 atom stereocenters. The smallest absolute Gasteiger partial charge is 0.382 e. The minimum atomic E-state index is -1.13. The van der Waals surface area contributed by atoms with Crippen LogP contribution >= 0.6 is 0 Å². The Hall–Kier alpha value is -1.66. The number of hydrogen-bond donors (Lipinski definition) is 1. The van der Waals surface area contributed by atoms with Gasteiger partial charge in [-0.3, -0.25) is 14.4 Å². The number of hydrogen-bond acceptors (Lipinski definition) is 5. The summed E-state index contributed by atoms with van der Waals surface area (Å²) in [4.78, 5) is 43.5. The van der Waals surface area contributed by atoms with E-state index in [0.29, 0.717) is 13.0 Å². The molecule has 0 fully saturated rings. The lowest BCUT2D eigenvalue weighted by atomic mass is 10.1. The highest BCUT2D eigenvalue weighted by Crippen LogP contribution is 1.93. The minimum Gasteiger partial charge on any atom is -0.460 e. The molecule has 7 heteroatoms. The molecule has 0 saturated heterocycles. The second-order valence-corrected chi connectivity index (χ2v) is 3.06. The first-order valence-electron chi connectivity index (χ1n) is 4.97. The van der Waals surface area contributed by atoms with E-state index in [1.807, 2.05) is 0 Å². The third-order valence-corrected chi connectivity index (χ3v) is 1.67. The summed E-state index contributed by atoms with van der Waals surface area (Å²) in [6.45, 7) is 1.91. The summed E-state index contributed by atoms with van der Waals surface area (Å²) >= 11 is 0. The molecule has 0 spiro atoms. The Morgan fingerprint density at radius 1 is 1.25 bits per heavy atom. The maximum atomic E-state index is 11.1. The SMILES string of the molecule is BC(=O)NCCCC(=O)C(=O)C(=O)OCC. The second kappa shape index (κ2) is 7.61. The van der Waals surface area contributed by atoms with Crippen LogP contribution in [-0.2, 0) is 19.1 Å². The van der Waals surface area contributed by atoms with E-state index >= 15 is 0 Å². The standard InChI is InChI=1S/C9H14BNO5/c1-2-16-8(14)7(13)6(12)4-3-5-11-9(10)15/h2-5,10H2,1H3,(H,11,15). The average Bonchev–Trinajstić information content (AvgIpc) is 2.23. The van der Waals surface area contributed by atoms with Crippen molar-refractivity contribution in [2.45, 2.75) is 19.8 Å². The van der Waals surface area contributed by atoms with Crippen LogP contribution in [0.15, 0.2) is 0 Å². The Morgan fingerprint density at radius 3 is 2.38 bits per heavy atom. The zero-order valence-corrected chi connectivity index (χ0v) is 9.37. The normalized spacial score (nSPS) is 9.31. The first-order valence-corrected chi connectivity index (χ1v) is 4.97. The molecule has 0 unspecified atom stereocenters. The lowest BCUT2D eigenvalue weighted by Crippen LogP contribution is -2.28. The van der Waals surface area contributed by atoms with Gasteiger partial charge in [0.05, 0.1) is 6.61 Å². The molecule has 0 aromatic carbocycles. The number of carbonyl (C=O) groups excluding carboxylic acids is 4. The van der Waals surface area contributed by atoms with Crippen LogP contribution in [0.4, 0.5) is 4.79 Å². The third kappa shape index (κ3) is 5.95. The molecule has 0 aliphatic heterocycles. The Balaban J connectivity index is 3.84. The summed E-state index contributed by atoms with van der Waals surface area (Å²) in [6, 6.07) is 0. The molecule has 88 valence electrons. The fraction of sp³-hybridized carbons (Fsp3) is 0.556. The molecule has 0 saturated carbocycles. The maximum absolute atomic E-state index is 11.1. The van der Waals surface area contributed by atoms with Crippen molar-refractivity contribution in [2.75, 3.05) is 13.2 Å². The molecule has 0 aromatic heterocycles. The number of ether oxygens (including phenoxy) is 1. The Morgan fingerprint density at radius 2 is 1.88 bits per heavy atom. The van der Waals surface area contributed by atoms with E-state index in [1.54, 1.807) is 6.92 Å². The summed E-state index contributed by atoms with van der Waals surface area (Å²) in [5, 5.41) is 2.48. The fourth-order valence-electron chi connectivity index (χ4n) is 0.937. The van der Waals surface area contributed by atoms with Crippen LogP contribution in [-0.4, -0.2) is 44.3 Å². The molecule has 0 aromatic rings. The van der Waals surface area contributed by atoms with Crippen molar-refractivity contribution in [1.82, 2.24) is 5.32 Å². The molecule has 16 heavy (non-hydrogen) atoms. The lowest BCUT2D eigenvalue weighted by molar-refractivity contribution is -0.156. The fourth-order valence-corrected chi connectivity index (χ4v) is 0.937. The number of ketones is 2. The van der Waals surface area contributed by atoms with Crippen LogP contribution in [0.2, 0.25) is 0 Å². The largest absolute Gasteiger partial charge is 0.460 e. The summed E-state index contributed by atoms with van der Waals surface area (Å²) in [7, 11) is 1.35. The summed E-state index contributed by atoms with van der Waals surface area (Å²) in [6.07, 6.45) is 0.251. The number of amides is 1. The molecule has 0 radical (unpaired) electrons. The maximum Gasteiger partial charge on any atom is 0.382 e. The number of esters is 1. The minimum absolute atomic E-state index is 0.0593. The number of Topliss-reactive ketones (excluding diaryl/α,β-unsaturated/α-hetero) is 2. The van der Waals surface area contributed by atoms with Crippen LogP contribution in [0.1, 0.15) is 19.8 Å². The third-order valence-electron chi connectivity index (χ3n) is 1.67. The van der Waals surface area contributed by atoms with E-state index in [4.69, 9.17) is 0 Å². The highest BCUT2D eigenvalue weighted by Gasteiger charge is 2.22. The molecular weight excluding hydrogens is 213 g/mol. The van der Waals surface area contributed by atoms with E-state index in [9.17, 15) is 19.2 Å². The molecule has 0 aliphatic rings. The Kier molecular flexibility index (Phi) is 6.83. The zero-order valence-electron chi connectivity index (χ0n) is 9.37. The van der Waals surface area contributed by atoms with Crippen molar-refractivity contribution in [3.8, 4) is 0 Å². The van der Waals surface area contributed by atoms with Crippen LogP contribution in [0.25, 0.3) is 0 Å². The summed E-state index contributed by atoms with van der Waals surface area (Å²) < 4.78 is 4.39. The molecule has 6 nitrogen and oxygen atoms in total. The van der Waals surface area contributed by atoms with Gasteiger partial charge in [0.1, 0.15) is 0 Å². The van der Waals surface area contributed by atoms with Gasteiger partial charge in [-0.15, -0.1) is 0 Å². The monoisotopic (exact) mass is 227 g/mol. The first-order chi connectivity index (χ1) is 7.49. The molecule has 0 heterocycles. The van der Waals surface area contributed by atoms with Gasteiger partial charge >= 0.3 is 11.8 Å². The van der Waals surface area contributed by atoms with Crippen molar-refractivity contribution in [3.05, 3.63) is 0 Å². The van der Waals surface area contributed by atoms with E-state index in [2.05, 4.69) is 10.1 Å². The average molecular weight is 227 g/mol. The van der Waals surface area contributed by atoms with Crippen molar-refractivity contribution < 1.29 is 23.9 Å². The van der Waals surface area contributed by atoms with E-state index < -0.39 is 17.5 Å². The Labute approximate surface area is 94.1 Å². The molecule has 0 rings (SSSR count). The van der Waals surface area contributed by atoms with Gasteiger partial charge in [0, 0.05) is 13.0 Å². The number of nitrogens with one attached hydrogen (secondary N) is 1. The van der Waals surface area contributed by atoms with E-state index in [1.165, 1.54) is 7.85 Å². The molecule has 0 aliphatic carbocycles. The van der Waals surface area contributed by atoms with Crippen LogP contribution in [0.5, 0.6) is 0 Å². The molecular formula is C9H14BNO5. The van der Waals surface area contributed by atoms with Crippen LogP contribution in [0, 0.1) is 0 Å². The van der Waals surface area contributed by atoms with Gasteiger partial charge in [0.15, 0.2) is 5.81 Å². The second-order valence-electron chi connectivity index (χ2n) is 3.06. The van der Waals surface area contributed by atoms with Gasteiger partial charge in [-0.2, -0.15) is 0 Å². The highest BCUT2D eigenvalue weighted by molar-refractivity contribution is 6.62. The van der Waals surface area contributed by atoms with Gasteiger partial charge in [-0.25, -0.2) is 4.79 Å². The predicted molar refractivity (Wildman–Crippen MR) is 57.8 cm³/mol. The molecule has 0 bridgehead atoms. The van der Waals surface area contributed by atoms with Crippen LogP contribution < -0.4 is 5.32 Å². The Bertz CT molecular complexity index is 302. The van der Waals surface area contributed by atoms with Crippen LogP contribution in [0.3, 0.4) is 0 Å². The van der Waals surface area contributed by atoms with Crippen molar-refractivity contribution in [3.63, 3.8) is 0 Å². The predicted octanol–water partition coefficient (Wildman–Crippen LogP) is -1.19. The zero-order chi connectivity index (χ0) is 12.6. The summed E-state index contributed by atoms with van der Waals surface area (Å²) in [5.41, 5.74) is 0. The highest BCUT2D eigenvalue weighted by atomic mass is 16.5. The topological polar surface area (TPSA) is 89.5 Å². The number of carbonyl (C=O) groups is 4. The quantitative estimate of drug-likeness (QED) is 0.194. The lowest BCUT2D eigenvalue weighted by Gasteiger charge is -2.01. The van der Waals surface area contributed by atoms with Gasteiger partial charge in [-0.1, -0.05) is 0 Å². The van der Waals surface area contributed by atoms with Crippen molar-refractivity contribution in [1.29, 1.82) is 0 Å².